The van der Waals surface area contributed by atoms with Crippen molar-refractivity contribution in [2.24, 2.45) is 0 Å². The van der Waals surface area contributed by atoms with E-state index < -0.39 is 0 Å². The van der Waals surface area contributed by atoms with E-state index >= 15 is 0 Å². The molecule has 1 heterocycles. The maximum Gasteiger partial charge on any atom is 0.146 e. The molecule has 2 heteroatoms. The monoisotopic (exact) mass is 143 g/mol. The minimum atomic E-state index is 0. The van der Waals surface area contributed by atoms with Crippen LogP contribution in [0.4, 0.5) is 0 Å². The standard InChI is InChI=1S/C8H15NO.H2/c1-7(10)8-5-3-2-4-6-9-8;/h8-9H,2-6H2,1H3;1H. The van der Waals surface area contributed by atoms with Crippen LogP contribution < -0.4 is 5.32 Å². The number of ketones is 1. The van der Waals surface area contributed by atoms with Crippen molar-refractivity contribution in [1.29, 1.82) is 0 Å². The second-order valence-electron chi connectivity index (χ2n) is 2.97. The summed E-state index contributed by atoms with van der Waals surface area (Å²) in [5, 5.41) is 3.23. The Morgan fingerprint density at radius 1 is 1.50 bits per heavy atom. The van der Waals surface area contributed by atoms with Crippen LogP contribution in [0.15, 0.2) is 0 Å². The summed E-state index contributed by atoms with van der Waals surface area (Å²) in [5.74, 6) is 0.293. The quantitative estimate of drug-likeness (QED) is 0.600. The lowest BCUT2D eigenvalue weighted by atomic mass is 10.1. The zero-order valence-corrected chi connectivity index (χ0v) is 6.52. The van der Waals surface area contributed by atoms with E-state index in [0.29, 0.717) is 5.78 Å². The van der Waals surface area contributed by atoms with E-state index in [4.69, 9.17) is 0 Å². The van der Waals surface area contributed by atoms with Gasteiger partial charge in [-0.25, -0.2) is 0 Å². The predicted molar refractivity (Wildman–Crippen MR) is 43.1 cm³/mol. The van der Waals surface area contributed by atoms with Gasteiger partial charge in [0, 0.05) is 1.43 Å². The average molecular weight is 143 g/mol. The van der Waals surface area contributed by atoms with Gasteiger partial charge >= 0.3 is 0 Å². The van der Waals surface area contributed by atoms with E-state index in [-0.39, 0.29) is 7.47 Å². The first-order chi connectivity index (χ1) is 4.80. The number of carbonyl (C=O) groups excluding carboxylic acids is 1. The summed E-state index contributed by atoms with van der Waals surface area (Å²) >= 11 is 0. The van der Waals surface area contributed by atoms with Gasteiger partial charge in [-0.2, -0.15) is 0 Å². The van der Waals surface area contributed by atoms with Crippen LogP contribution in [-0.2, 0) is 4.79 Å². The van der Waals surface area contributed by atoms with Crippen molar-refractivity contribution in [1.82, 2.24) is 5.32 Å². The summed E-state index contributed by atoms with van der Waals surface area (Å²) in [6, 6.07) is 0.155. The molecule has 1 aliphatic heterocycles. The van der Waals surface area contributed by atoms with Crippen molar-refractivity contribution in [3.8, 4) is 0 Å². The number of hydrogen-bond acceptors (Lipinski definition) is 2. The molecule has 60 valence electrons. The Labute approximate surface area is 63.5 Å². The van der Waals surface area contributed by atoms with E-state index in [2.05, 4.69) is 5.32 Å². The molecule has 0 bridgehead atoms. The van der Waals surface area contributed by atoms with E-state index in [0.717, 1.165) is 13.0 Å². The Balaban J connectivity index is 0.000001000. The average Bonchev–Trinajstić information content (AvgIpc) is 2.12. The van der Waals surface area contributed by atoms with Gasteiger partial charge in [-0.15, -0.1) is 0 Å². The molecule has 1 saturated heterocycles. The molecule has 1 N–H and O–H groups in total. The fourth-order valence-electron chi connectivity index (χ4n) is 1.38. The molecule has 0 aromatic carbocycles. The Morgan fingerprint density at radius 2 is 2.30 bits per heavy atom. The van der Waals surface area contributed by atoms with Crippen molar-refractivity contribution in [3.05, 3.63) is 0 Å². The third-order valence-corrected chi connectivity index (χ3v) is 2.05. The molecule has 1 rings (SSSR count). The van der Waals surface area contributed by atoms with Crippen molar-refractivity contribution in [3.63, 3.8) is 0 Å². The van der Waals surface area contributed by atoms with Gasteiger partial charge in [0.15, 0.2) is 0 Å². The van der Waals surface area contributed by atoms with Crippen LogP contribution in [0.2, 0.25) is 0 Å². The van der Waals surface area contributed by atoms with Gasteiger partial charge in [-0.3, -0.25) is 4.79 Å². The van der Waals surface area contributed by atoms with Crippen molar-refractivity contribution in [2.75, 3.05) is 6.54 Å². The summed E-state index contributed by atoms with van der Waals surface area (Å²) in [6.45, 7) is 2.69. The maximum atomic E-state index is 10.9. The second kappa shape index (κ2) is 3.71. The third-order valence-electron chi connectivity index (χ3n) is 2.05. The highest BCUT2D eigenvalue weighted by Gasteiger charge is 2.14. The Kier molecular flexibility index (Phi) is 2.87. The molecule has 2 nitrogen and oxygen atoms in total. The van der Waals surface area contributed by atoms with Gasteiger partial charge in [0.05, 0.1) is 6.04 Å². The minimum absolute atomic E-state index is 0. The SMILES string of the molecule is CC(=O)C1CCCCCN1.[HH]. The van der Waals surface area contributed by atoms with E-state index in [1.165, 1.54) is 19.3 Å². The number of nitrogens with one attached hydrogen (secondary N) is 1. The van der Waals surface area contributed by atoms with Gasteiger partial charge in [0.2, 0.25) is 0 Å². The van der Waals surface area contributed by atoms with Crippen LogP contribution in [0.5, 0.6) is 0 Å². The fraction of sp³-hybridized carbons (Fsp3) is 0.875. The van der Waals surface area contributed by atoms with E-state index in [1.807, 2.05) is 0 Å². The first-order valence-electron chi connectivity index (χ1n) is 4.04. The normalized spacial score (nSPS) is 27.5. The first-order valence-corrected chi connectivity index (χ1v) is 4.04. The second-order valence-corrected chi connectivity index (χ2v) is 2.97. The molecular weight excluding hydrogens is 126 g/mol. The molecule has 0 aromatic heterocycles. The van der Waals surface area contributed by atoms with Gasteiger partial charge in [-0.1, -0.05) is 12.8 Å². The zero-order chi connectivity index (χ0) is 7.40. The lowest BCUT2D eigenvalue weighted by molar-refractivity contribution is -0.119. The highest BCUT2D eigenvalue weighted by Crippen LogP contribution is 2.08. The molecule has 0 amide bonds. The molecule has 1 atom stereocenters. The zero-order valence-electron chi connectivity index (χ0n) is 6.52. The van der Waals surface area contributed by atoms with Crippen LogP contribution in [0.25, 0.3) is 0 Å². The number of carbonyl (C=O) groups is 1. The Hall–Kier alpha value is -0.370. The molecule has 0 aliphatic carbocycles. The fourth-order valence-corrected chi connectivity index (χ4v) is 1.38. The number of hydrogen-bond donors (Lipinski definition) is 1. The molecule has 1 aliphatic rings. The summed E-state index contributed by atoms with van der Waals surface area (Å²) < 4.78 is 0. The minimum Gasteiger partial charge on any atom is -0.307 e. The van der Waals surface area contributed by atoms with Gasteiger partial charge < -0.3 is 5.32 Å². The van der Waals surface area contributed by atoms with Crippen molar-refractivity contribution < 1.29 is 6.22 Å². The maximum absolute atomic E-state index is 10.9. The molecule has 0 radical (unpaired) electrons. The van der Waals surface area contributed by atoms with E-state index in [1.54, 1.807) is 6.92 Å². The lowest BCUT2D eigenvalue weighted by Crippen LogP contribution is -2.34. The largest absolute Gasteiger partial charge is 0.307 e. The van der Waals surface area contributed by atoms with Crippen molar-refractivity contribution >= 4 is 5.78 Å². The lowest BCUT2D eigenvalue weighted by Gasteiger charge is -2.10. The summed E-state index contributed by atoms with van der Waals surface area (Å²) in [4.78, 5) is 10.9. The third kappa shape index (κ3) is 2.10. The summed E-state index contributed by atoms with van der Waals surface area (Å²) in [5.41, 5.74) is 0. The van der Waals surface area contributed by atoms with E-state index in [9.17, 15) is 4.79 Å². The Bertz CT molecular complexity index is 119. The van der Waals surface area contributed by atoms with Crippen LogP contribution in [-0.4, -0.2) is 18.4 Å². The topological polar surface area (TPSA) is 29.1 Å². The molecule has 0 spiro atoms. The summed E-state index contributed by atoms with van der Waals surface area (Å²) in [7, 11) is 0. The van der Waals surface area contributed by atoms with Gasteiger partial charge in [0.25, 0.3) is 0 Å². The molecule has 0 saturated carbocycles. The molecule has 1 unspecified atom stereocenters. The smallest absolute Gasteiger partial charge is 0.146 e. The van der Waals surface area contributed by atoms with Crippen LogP contribution in [0.3, 0.4) is 0 Å². The summed E-state index contributed by atoms with van der Waals surface area (Å²) in [6.07, 6.45) is 4.74. The van der Waals surface area contributed by atoms with Crippen LogP contribution in [0.1, 0.15) is 34.0 Å². The molecule has 1 fully saturated rings. The first kappa shape index (κ1) is 7.73. The van der Waals surface area contributed by atoms with Gasteiger partial charge in [0.1, 0.15) is 5.78 Å². The molecular formula is C8H17NO. The Morgan fingerprint density at radius 3 is 3.00 bits per heavy atom. The molecule has 10 heavy (non-hydrogen) atoms. The number of rotatable bonds is 1. The highest BCUT2D eigenvalue weighted by molar-refractivity contribution is 5.81. The van der Waals surface area contributed by atoms with Crippen LogP contribution >= 0.6 is 0 Å². The van der Waals surface area contributed by atoms with Crippen molar-refractivity contribution in [2.45, 2.75) is 38.6 Å². The van der Waals surface area contributed by atoms with Crippen LogP contribution in [0, 0.1) is 0 Å². The molecule has 0 aromatic rings. The highest BCUT2D eigenvalue weighted by atomic mass is 16.1. The van der Waals surface area contributed by atoms with Gasteiger partial charge in [-0.05, 0) is 26.3 Å². The predicted octanol–water partition coefficient (Wildman–Crippen LogP) is 1.35. The number of Topliss-reactive ketones (excluding diaryl/α,β-unsaturated/α-hetero) is 1.